The van der Waals surface area contributed by atoms with Crippen LogP contribution in [-0.2, 0) is 6.54 Å². The van der Waals surface area contributed by atoms with Crippen LogP contribution in [0, 0.1) is 4.77 Å². The Labute approximate surface area is 115 Å². The van der Waals surface area contributed by atoms with Crippen LogP contribution in [-0.4, -0.2) is 20.7 Å². The van der Waals surface area contributed by atoms with Gasteiger partial charge < -0.3 is 9.73 Å². The van der Waals surface area contributed by atoms with Crippen LogP contribution in [0.1, 0.15) is 29.3 Å². The molecular formula is C12H14N4O2S. The standard InChI is InChI=1S/C12H14N4O2S/c1-3-6-16-10(14-15-12(16)19)8(2)13-11(17)9-5-4-7-18-9/h3-5,7-8H,1,6H2,2H3,(H,13,17)(H,15,19)/t8-/m1/s1. The molecule has 0 spiro atoms. The summed E-state index contributed by atoms with van der Waals surface area (Å²) >= 11 is 5.12. The summed E-state index contributed by atoms with van der Waals surface area (Å²) in [5.74, 6) is 0.609. The van der Waals surface area contributed by atoms with Gasteiger partial charge in [-0.15, -0.1) is 6.58 Å². The molecule has 7 heteroatoms. The number of nitrogens with zero attached hydrogens (tertiary/aromatic N) is 2. The molecule has 1 amide bonds. The van der Waals surface area contributed by atoms with Gasteiger partial charge in [-0.05, 0) is 31.3 Å². The summed E-state index contributed by atoms with van der Waals surface area (Å²) in [6.45, 7) is 6.03. The number of carbonyl (C=O) groups is 1. The third-order valence-electron chi connectivity index (χ3n) is 2.58. The third kappa shape index (κ3) is 2.82. The zero-order valence-corrected chi connectivity index (χ0v) is 11.2. The van der Waals surface area contributed by atoms with Gasteiger partial charge in [-0.2, -0.15) is 5.10 Å². The fourth-order valence-corrected chi connectivity index (χ4v) is 1.92. The van der Waals surface area contributed by atoms with E-state index in [4.69, 9.17) is 16.6 Å². The minimum atomic E-state index is -0.300. The predicted octanol–water partition coefficient (Wildman–Crippen LogP) is 2.21. The number of nitrogens with one attached hydrogen (secondary N) is 2. The van der Waals surface area contributed by atoms with Crippen LogP contribution < -0.4 is 5.32 Å². The molecule has 2 heterocycles. The summed E-state index contributed by atoms with van der Waals surface area (Å²) in [6.07, 6.45) is 3.17. The van der Waals surface area contributed by atoms with E-state index in [0.29, 0.717) is 17.1 Å². The lowest BCUT2D eigenvalue weighted by molar-refractivity contribution is 0.0909. The molecule has 2 aromatic rings. The first kappa shape index (κ1) is 13.3. The molecule has 0 bridgehead atoms. The Kier molecular flexibility index (Phi) is 3.96. The lowest BCUT2D eigenvalue weighted by Crippen LogP contribution is -2.28. The molecule has 0 saturated carbocycles. The van der Waals surface area contributed by atoms with E-state index in [1.807, 2.05) is 6.92 Å². The molecule has 0 saturated heterocycles. The van der Waals surface area contributed by atoms with Crippen LogP contribution in [0.5, 0.6) is 0 Å². The highest BCUT2D eigenvalue weighted by Gasteiger charge is 2.18. The Balaban J connectivity index is 2.16. The molecule has 0 fully saturated rings. The quantitative estimate of drug-likeness (QED) is 0.649. The van der Waals surface area contributed by atoms with Gasteiger partial charge in [-0.25, -0.2) is 0 Å². The van der Waals surface area contributed by atoms with E-state index in [0.717, 1.165) is 0 Å². The second-order valence-corrected chi connectivity index (χ2v) is 4.35. The highest BCUT2D eigenvalue weighted by molar-refractivity contribution is 7.71. The number of aromatic amines is 1. The van der Waals surface area contributed by atoms with E-state index in [1.165, 1.54) is 6.26 Å². The molecule has 2 aromatic heterocycles. The number of furan rings is 1. The van der Waals surface area contributed by atoms with Gasteiger partial charge in [0.05, 0.1) is 12.3 Å². The van der Waals surface area contributed by atoms with Gasteiger partial charge in [-0.3, -0.25) is 14.5 Å². The number of carbonyl (C=O) groups excluding carboxylic acids is 1. The number of allylic oxidation sites excluding steroid dienone is 1. The Hall–Kier alpha value is -2.15. The molecular weight excluding hydrogens is 264 g/mol. The second kappa shape index (κ2) is 5.66. The van der Waals surface area contributed by atoms with Crippen LogP contribution in [0.3, 0.4) is 0 Å². The molecule has 6 nitrogen and oxygen atoms in total. The van der Waals surface area contributed by atoms with Gasteiger partial charge >= 0.3 is 0 Å². The summed E-state index contributed by atoms with van der Waals surface area (Å²) in [6, 6.07) is 2.96. The minimum Gasteiger partial charge on any atom is -0.459 e. The van der Waals surface area contributed by atoms with Gasteiger partial charge in [0.2, 0.25) is 0 Å². The molecule has 0 radical (unpaired) electrons. The summed E-state index contributed by atoms with van der Waals surface area (Å²) < 4.78 is 7.30. The smallest absolute Gasteiger partial charge is 0.287 e. The van der Waals surface area contributed by atoms with E-state index < -0.39 is 0 Å². The Bertz CT molecular complexity index is 626. The van der Waals surface area contributed by atoms with Crippen molar-refractivity contribution >= 4 is 18.1 Å². The largest absolute Gasteiger partial charge is 0.459 e. The second-order valence-electron chi connectivity index (χ2n) is 3.96. The number of rotatable bonds is 5. The number of hydrogen-bond acceptors (Lipinski definition) is 4. The van der Waals surface area contributed by atoms with Crippen molar-refractivity contribution in [3.8, 4) is 0 Å². The monoisotopic (exact) mass is 278 g/mol. The van der Waals surface area contributed by atoms with Crippen molar-refractivity contribution in [3.63, 3.8) is 0 Å². The molecule has 2 N–H and O–H groups in total. The van der Waals surface area contributed by atoms with Crippen molar-refractivity contribution in [2.75, 3.05) is 0 Å². The number of aromatic nitrogens is 3. The highest BCUT2D eigenvalue weighted by Crippen LogP contribution is 2.11. The molecule has 0 unspecified atom stereocenters. The molecule has 0 aliphatic rings. The molecule has 1 atom stereocenters. The van der Waals surface area contributed by atoms with Crippen molar-refractivity contribution in [1.82, 2.24) is 20.1 Å². The van der Waals surface area contributed by atoms with Gasteiger partial charge in [0.1, 0.15) is 0 Å². The Morgan fingerprint density at radius 2 is 2.58 bits per heavy atom. The minimum absolute atomic E-state index is 0.260. The van der Waals surface area contributed by atoms with Crippen molar-refractivity contribution < 1.29 is 9.21 Å². The highest BCUT2D eigenvalue weighted by atomic mass is 32.1. The molecule has 100 valence electrons. The van der Waals surface area contributed by atoms with Crippen LogP contribution in [0.2, 0.25) is 0 Å². The first-order valence-corrected chi connectivity index (χ1v) is 6.14. The molecule has 2 rings (SSSR count). The topological polar surface area (TPSA) is 75.8 Å². The Morgan fingerprint density at radius 1 is 1.79 bits per heavy atom. The van der Waals surface area contributed by atoms with E-state index in [1.54, 1.807) is 22.8 Å². The molecule has 0 aromatic carbocycles. The van der Waals surface area contributed by atoms with E-state index in [2.05, 4.69) is 22.1 Å². The van der Waals surface area contributed by atoms with Gasteiger partial charge in [0.15, 0.2) is 16.4 Å². The van der Waals surface area contributed by atoms with Crippen molar-refractivity contribution in [3.05, 3.63) is 47.4 Å². The molecule has 0 aliphatic heterocycles. The summed E-state index contributed by atoms with van der Waals surface area (Å²) in [7, 11) is 0. The summed E-state index contributed by atoms with van der Waals surface area (Å²) in [5, 5.41) is 9.62. The first-order valence-electron chi connectivity index (χ1n) is 5.74. The lowest BCUT2D eigenvalue weighted by Gasteiger charge is -2.13. The van der Waals surface area contributed by atoms with Crippen molar-refractivity contribution in [1.29, 1.82) is 0 Å². The molecule has 19 heavy (non-hydrogen) atoms. The average Bonchev–Trinajstić information content (AvgIpc) is 3.01. The van der Waals surface area contributed by atoms with Crippen molar-refractivity contribution in [2.45, 2.75) is 19.5 Å². The van der Waals surface area contributed by atoms with Gasteiger partial charge in [0.25, 0.3) is 5.91 Å². The summed E-state index contributed by atoms with van der Waals surface area (Å²) in [5.41, 5.74) is 0. The first-order chi connectivity index (χ1) is 9.13. The zero-order valence-electron chi connectivity index (χ0n) is 10.4. The van der Waals surface area contributed by atoms with E-state index in [-0.39, 0.29) is 17.7 Å². The fourth-order valence-electron chi connectivity index (χ4n) is 1.71. The average molecular weight is 278 g/mol. The summed E-state index contributed by atoms with van der Waals surface area (Å²) in [4.78, 5) is 11.9. The molecule has 0 aliphatic carbocycles. The normalized spacial score (nSPS) is 12.1. The maximum absolute atomic E-state index is 11.9. The van der Waals surface area contributed by atoms with Crippen LogP contribution in [0.4, 0.5) is 0 Å². The van der Waals surface area contributed by atoms with E-state index in [9.17, 15) is 4.79 Å². The van der Waals surface area contributed by atoms with Crippen LogP contribution in [0.25, 0.3) is 0 Å². The van der Waals surface area contributed by atoms with Crippen LogP contribution in [0.15, 0.2) is 35.5 Å². The van der Waals surface area contributed by atoms with Crippen LogP contribution >= 0.6 is 12.2 Å². The lowest BCUT2D eigenvalue weighted by atomic mass is 10.3. The fraction of sp³-hybridized carbons (Fsp3) is 0.250. The maximum Gasteiger partial charge on any atom is 0.287 e. The Morgan fingerprint density at radius 3 is 3.21 bits per heavy atom. The van der Waals surface area contributed by atoms with Crippen molar-refractivity contribution in [2.24, 2.45) is 0 Å². The van der Waals surface area contributed by atoms with E-state index >= 15 is 0 Å². The number of H-pyrrole nitrogens is 1. The predicted molar refractivity (Wildman–Crippen MR) is 72.2 cm³/mol. The number of hydrogen-bond donors (Lipinski definition) is 2. The zero-order chi connectivity index (χ0) is 13.8. The van der Waals surface area contributed by atoms with Gasteiger partial charge in [0, 0.05) is 6.54 Å². The third-order valence-corrected chi connectivity index (χ3v) is 2.89. The maximum atomic E-state index is 11.9. The SMILES string of the molecule is C=CCn1c([C@@H](C)NC(=O)c2ccco2)n[nH]c1=S. The van der Waals surface area contributed by atoms with Gasteiger partial charge in [-0.1, -0.05) is 6.08 Å². The number of amides is 1.